The minimum atomic E-state index is -0.653. The summed E-state index contributed by atoms with van der Waals surface area (Å²) in [7, 11) is 0. The Bertz CT molecular complexity index is 130. The summed E-state index contributed by atoms with van der Waals surface area (Å²) in [5, 5.41) is 9.10. The lowest BCUT2D eigenvalue weighted by Crippen LogP contribution is -2.30. The normalized spacial score (nSPS) is 13.3. The standard InChI is InChI=1S/C13H29NO2/c1-4-6-8-10-14(11-9-7-5-2)12-16-13(3)15/h13,15H,4-12H2,1-3H3. The lowest BCUT2D eigenvalue weighted by Gasteiger charge is -2.22. The van der Waals surface area contributed by atoms with Crippen LogP contribution in [-0.2, 0) is 4.74 Å². The van der Waals surface area contributed by atoms with E-state index in [-0.39, 0.29) is 0 Å². The van der Waals surface area contributed by atoms with Crippen molar-refractivity contribution in [3.05, 3.63) is 0 Å². The van der Waals surface area contributed by atoms with E-state index in [0.29, 0.717) is 6.73 Å². The van der Waals surface area contributed by atoms with Gasteiger partial charge in [0.05, 0.1) is 0 Å². The molecule has 0 rings (SSSR count). The summed E-state index contributed by atoms with van der Waals surface area (Å²) in [6.45, 7) is 8.83. The van der Waals surface area contributed by atoms with Gasteiger partial charge in [-0.05, 0) is 19.8 Å². The van der Waals surface area contributed by atoms with Crippen molar-refractivity contribution in [2.24, 2.45) is 0 Å². The van der Waals surface area contributed by atoms with E-state index in [0.717, 1.165) is 13.1 Å². The molecule has 0 aliphatic heterocycles. The Hall–Kier alpha value is -0.120. The van der Waals surface area contributed by atoms with Crippen molar-refractivity contribution in [3.63, 3.8) is 0 Å². The van der Waals surface area contributed by atoms with Crippen LogP contribution in [0.4, 0.5) is 0 Å². The van der Waals surface area contributed by atoms with Crippen LogP contribution in [0.3, 0.4) is 0 Å². The molecule has 0 amide bonds. The van der Waals surface area contributed by atoms with Gasteiger partial charge in [0.1, 0.15) is 6.73 Å². The first-order chi connectivity index (χ1) is 7.70. The van der Waals surface area contributed by atoms with Gasteiger partial charge < -0.3 is 9.84 Å². The number of hydrogen-bond donors (Lipinski definition) is 1. The zero-order chi connectivity index (χ0) is 12.2. The maximum Gasteiger partial charge on any atom is 0.153 e. The predicted octanol–water partition coefficient (Wildman–Crippen LogP) is 2.98. The van der Waals surface area contributed by atoms with Gasteiger partial charge in [0.15, 0.2) is 6.29 Å². The van der Waals surface area contributed by atoms with E-state index >= 15 is 0 Å². The molecular weight excluding hydrogens is 202 g/mol. The number of nitrogens with zero attached hydrogens (tertiary/aromatic N) is 1. The van der Waals surface area contributed by atoms with Gasteiger partial charge >= 0.3 is 0 Å². The van der Waals surface area contributed by atoms with Gasteiger partial charge in [-0.1, -0.05) is 39.5 Å². The Morgan fingerprint density at radius 3 is 1.88 bits per heavy atom. The highest BCUT2D eigenvalue weighted by Gasteiger charge is 2.05. The van der Waals surface area contributed by atoms with Crippen LogP contribution in [-0.4, -0.2) is 36.1 Å². The van der Waals surface area contributed by atoms with E-state index in [1.54, 1.807) is 6.92 Å². The van der Waals surface area contributed by atoms with Gasteiger partial charge in [0.2, 0.25) is 0 Å². The van der Waals surface area contributed by atoms with E-state index in [1.807, 2.05) is 0 Å². The third-order valence-corrected chi connectivity index (χ3v) is 2.65. The first kappa shape index (κ1) is 15.9. The first-order valence-electron chi connectivity index (χ1n) is 6.72. The smallest absolute Gasteiger partial charge is 0.153 e. The van der Waals surface area contributed by atoms with E-state index in [9.17, 15) is 0 Å². The lowest BCUT2D eigenvalue weighted by molar-refractivity contribution is -0.122. The van der Waals surface area contributed by atoms with Crippen molar-refractivity contribution in [1.82, 2.24) is 4.90 Å². The van der Waals surface area contributed by atoms with E-state index < -0.39 is 6.29 Å². The summed E-state index contributed by atoms with van der Waals surface area (Å²) in [5.41, 5.74) is 0. The third-order valence-electron chi connectivity index (χ3n) is 2.65. The summed E-state index contributed by atoms with van der Waals surface area (Å²) in [6, 6.07) is 0. The molecule has 0 saturated carbocycles. The molecule has 0 saturated heterocycles. The van der Waals surface area contributed by atoms with Crippen LogP contribution >= 0.6 is 0 Å². The van der Waals surface area contributed by atoms with Crippen molar-refractivity contribution >= 4 is 0 Å². The summed E-state index contributed by atoms with van der Waals surface area (Å²) in [4.78, 5) is 2.30. The highest BCUT2D eigenvalue weighted by Crippen LogP contribution is 2.03. The average Bonchev–Trinajstić information content (AvgIpc) is 2.25. The van der Waals surface area contributed by atoms with Gasteiger partial charge in [-0.3, -0.25) is 4.90 Å². The fraction of sp³-hybridized carbons (Fsp3) is 1.00. The average molecular weight is 231 g/mol. The molecule has 0 aromatic carbocycles. The molecule has 0 fully saturated rings. The van der Waals surface area contributed by atoms with Crippen LogP contribution < -0.4 is 0 Å². The molecule has 3 nitrogen and oxygen atoms in total. The number of aliphatic hydroxyl groups excluding tert-OH is 1. The Kier molecular flexibility index (Phi) is 11.3. The SMILES string of the molecule is CCCCCN(CCCCC)COC(C)O. The van der Waals surface area contributed by atoms with Gasteiger partial charge in [0.25, 0.3) is 0 Å². The quantitative estimate of drug-likeness (QED) is 0.438. The second-order valence-corrected chi connectivity index (χ2v) is 4.43. The Labute approximate surface area is 101 Å². The third kappa shape index (κ3) is 10.4. The van der Waals surface area contributed by atoms with E-state index in [4.69, 9.17) is 9.84 Å². The van der Waals surface area contributed by atoms with E-state index in [2.05, 4.69) is 18.7 Å². The molecule has 1 atom stereocenters. The number of hydrogen-bond acceptors (Lipinski definition) is 3. The Morgan fingerprint density at radius 2 is 1.50 bits per heavy atom. The monoisotopic (exact) mass is 231 g/mol. The van der Waals surface area contributed by atoms with Gasteiger partial charge in [-0.15, -0.1) is 0 Å². The lowest BCUT2D eigenvalue weighted by atomic mass is 10.2. The summed E-state index contributed by atoms with van der Waals surface area (Å²) >= 11 is 0. The number of aliphatic hydroxyl groups is 1. The maximum absolute atomic E-state index is 9.10. The molecular formula is C13H29NO2. The highest BCUT2D eigenvalue weighted by atomic mass is 16.6. The van der Waals surface area contributed by atoms with Crippen LogP contribution in [0.2, 0.25) is 0 Å². The first-order valence-corrected chi connectivity index (χ1v) is 6.72. The van der Waals surface area contributed by atoms with Crippen molar-refractivity contribution in [1.29, 1.82) is 0 Å². The fourth-order valence-corrected chi connectivity index (χ4v) is 1.63. The minimum absolute atomic E-state index is 0.561. The molecule has 98 valence electrons. The van der Waals surface area contributed by atoms with Crippen LogP contribution in [0.15, 0.2) is 0 Å². The molecule has 0 aliphatic rings. The van der Waals surface area contributed by atoms with Gasteiger partial charge in [-0.25, -0.2) is 0 Å². The molecule has 1 N–H and O–H groups in total. The minimum Gasteiger partial charge on any atom is -0.368 e. The molecule has 0 aliphatic carbocycles. The Balaban J connectivity index is 3.67. The summed E-state index contributed by atoms with van der Waals surface area (Å²) in [5.74, 6) is 0. The molecule has 0 radical (unpaired) electrons. The number of ether oxygens (including phenoxy) is 1. The Morgan fingerprint density at radius 1 is 1.00 bits per heavy atom. The van der Waals surface area contributed by atoms with Gasteiger partial charge in [0, 0.05) is 13.1 Å². The van der Waals surface area contributed by atoms with Gasteiger partial charge in [-0.2, -0.15) is 0 Å². The van der Waals surface area contributed by atoms with Crippen LogP contribution in [0.5, 0.6) is 0 Å². The number of rotatable bonds is 11. The molecule has 16 heavy (non-hydrogen) atoms. The molecule has 0 spiro atoms. The topological polar surface area (TPSA) is 32.7 Å². The molecule has 3 heteroatoms. The van der Waals surface area contributed by atoms with Crippen LogP contribution in [0.25, 0.3) is 0 Å². The molecule has 0 bridgehead atoms. The molecule has 0 aromatic heterocycles. The zero-order valence-electron chi connectivity index (χ0n) is 11.2. The van der Waals surface area contributed by atoms with E-state index in [1.165, 1.54) is 38.5 Å². The van der Waals surface area contributed by atoms with Crippen LogP contribution in [0, 0.1) is 0 Å². The highest BCUT2D eigenvalue weighted by molar-refractivity contribution is 4.54. The molecule has 1 unspecified atom stereocenters. The predicted molar refractivity (Wildman–Crippen MR) is 68.3 cm³/mol. The van der Waals surface area contributed by atoms with Crippen molar-refractivity contribution in [2.75, 3.05) is 19.8 Å². The number of unbranched alkanes of at least 4 members (excludes halogenated alkanes) is 4. The van der Waals surface area contributed by atoms with Crippen LogP contribution in [0.1, 0.15) is 59.3 Å². The molecule has 0 aromatic rings. The second-order valence-electron chi connectivity index (χ2n) is 4.43. The van der Waals surface area contributed by atoms with Crippen molar-refractivity contribution < 1.29 is 9.84 Å². The fourth-order valence-electron chi connectivity index (χ4n) is 1.63. The molecule has 0 heterocycles. The van der Waals surface area contributed by atoms with Crippen molar-refractivity contribution in [2.45, 2.75) is 65.6 Å². The zero-order valence-corrected chi connectivity index (χ0v) is 11.2. The maximum atomic E-state index is 9.10. The van der Waals surface area contributed by atoms with Crippen molar-refractivity contribution in [3.8, 4) is 0 Å². The largest absolute Gasteiger partial charge is 0.368 e. The summed E-state index contributed by atoms with van der Waals surface area (Å²) in [6.07, 6.45) is 6.86. The summed E-state index contributed by atoms with van der Waals surface area (Å²) < 4.78 is 5.25. The second kappa shape index (κ2) is 11.4.